The largest absolute Gasteiger partial charge is 0.357 e. The summed E-state index contributed by atoms with van der Waals surface area (Å²) in [5.74, 6) is 0.630. The third kappa shape index (κ3) is 7.53. The molecule has 0 aromatic heterocycles. The van der Waals surface area contributed by atoms with Crippen molar-refractivity contribution >= 4 is 46.8 Å². The lowest BCUT2D eigenvalue weighted by Crippen LogP contribution is -2.50. The first-order valence-electron chi connectivity index (χ1n) is 10.6. The van der Waals surface area contributed by atoms with Crippen molar-refractivity contribution in [1.82, 2.24) is 10.2 Å². The molecule has 1 N–H and O–H groups in total. The molecular formula is C26H26Cl2N2O2S. The van der Waals surface area contributed by atoms with E-state index in [-0.39, 0.29) is 24.1 Å². The van der Waals surface area contributed by atoms with E-state index < -0.39 is 6.04 Å². The van der Waals surface area contributed by atoms with E-state index in [0.29, 0.717) is 22.2 Å². The predicted molar refractivity (Wildman–Crippen MR) is 138 cm³/mol. The van der Waals surface area contributed by atoms with Crippen LogP contribution in [0.25, 0.3) is 0 Å². The molecule has 0 saturated heterocycles. The summed E-state index contributed by atoms with van der Waals surface area (Å²) < 4.78 is 0. The third-order valence-corrected chi connectivity index (χ3v) is 6.79. The van der Waals surface area contributed by atoms with Crippen molar-refractivity contribution in [3.63, 3.8) is 0 Å². The Bertz CT molecular complexity index is 1060. The van der Waals surface area contributed by atoms with Crippen molar-refractivity contribution in [3.8, 4) is 0 Å². The number of amides is 2. The van der Waals surface area contributed by atoms with Gasteiger partial charge in [0, 0.05) is 35.8 Å². The third-order valence-electron chi connectivity index (χ3n) is 5.21. The smallest absolute Gasteiger partial charge is 0.242 e. The van der Waals surface area contributed by atoms with Crippen LogP contribution in [0.1, 0.15) is 16.7 Å². The van der Waals surface area contributed by atoms with Crippen LogP contribution in [0.15, 0.2) is 78.9 Å². The lowest BCUT2D eigenvalue weighted by molar-refractivity contribution is -0.139. The zero-order valence-electron chi connectivity index (χ0n) is 18.3. The van der Waals surface area contributed by atoms with E-state index in [2.05, 4.69) is 5.32 Å². The van der Waals surface area contributed by atoms with Gasteiger partial charge in [-0.25, -0.2) is 0 Å². The monoisotopic (exact) mass is 500 g/mol. The van der Waals surface area contributed by atoms with E-state index in [4.69, 9.17) is 23.2 Å². The molecule has 172 valence electrons. The maximum Gasteiger partial charge on any atom is 0.242 e. The molecule has 33 heavy (non-hydrogen) atoms. The summed E-state index contributed by atoms with van der Waals surface area (Å²) in [5, 5.41) is 3.70. The van der Waals surface area contributed by atoms with Crippen LogP contribution in [0, 0.1) is 0 Å². The summed E-state index contributed by atoms with van der Waals surface area (Å²) in [4.78, 5) is 28.0. The molecule has 3 rings (SSSR count). The number of carbonyl (C=O) groups is 2. The van der Waals surface area contributed by atoms with Crippen molar-refractivity contribution in [2.45, 2.75) is 24.8 Å². The normalized spacial score (nSPS) is 11.6. The topological polar surface area (TPSA) is 49.4 Å². The number of nitrogens with one attached hydrogen (secondary N) is 1. The van der Waals surface area contributed by atoms with Gasteiger partial charge in [0.25, 0.3) is 0 Å². The zero-order chi connectivity index (χ0) is 23.6. The first-order chi connectivity index (χ1) is 16.0. The highest BCUT2D eigenvalue weighted by molar-refractivity contribution is 7.99. The number of carbonyl (C=O) groups excluding carboxylic acids is 2. The highest BCUT2D eigenvalue weighted by Crippen LogP contribution is 2.25. The van der Waals surface area contributed by atoms with Gasteiger partial charge in [0.2, 0.25) is 11.8 Å². The van der Waals surface area contributed by atoms with Crippen molar-refractivity contribution in [2.75, 3.05) is 12.8 Å². The fraction of sp³-hybridized carbons (Fsp3) is 0.231. The fourth-order valence-electron chi connectivity index (χ4n) is 3.47. The van der Waals surface area contributed by atoms with Crippen molar-refractivity contribution in [1.29, 1.82) is 0 Å². The van der Waals surface area contributed by atoms with Gasteiger partial charge in [0.1, 0.15) is 6.04 Å². The van der Waals surface area contributed by atoms with Gasteiger partial charge in [-0.15, -0.1) is 11.8 Å². The molecule has 0 unspecified atom stereocenters. The van der Waals surface area contributed by atoms with Gasteiger partial charge in [-0.3, -0.25) is 9.59 Å². The molecule has 0 aliphatic heterocycles. The maximum absolute atomic E-state index is 13.4. The molecule has 0 spiro atoms. The van der Waals surface area contributed by atoms with Crippen LogP contribution < -0.4 is 5.32 Å². The lowest BCUT2D eigenvalue weighted by Gasteiger charge is -2.31. The van der Waals surface area contributed by atoms with E-state index in [9.17, 15) is 9.59 Å². The molecule has 2 amide bonds. The average Bonchev–Trinajstić information content (AvgIpc) is 2.83. The maximum atomic E-state index is 13.4. The van der Waals surface area contributed by atoms with Crippen LogP contribution in [0.2, 0.25) is 10.0 Å². The molecule has 0 aliphatic rings. The molecule has 0 fully saturated rings. The molecule has 0 aliphatic carbocycles. The molecule has 7 heteroatoms. The summed E-state index contributed by atoms with van der Waals surface area (Å²) >= 11 is 14.0. The Balaban J connectivity index is 1.84. The molecule has 3 aromatic carbocycles. The first kappa shape index (κ1) is 25.2. The quantitative estimate of drug-likeness (QED) is 0.393. The van der Waals surface area contributed by atoms with E-state index >= 15 is 0 Å². The van der Waals surface area contributed by atoms with E-state index in [0.717, 1.165) is 16.7 Å². The second-order valence-electron chi connectivity index (χ2n) is 7.56. The molecule has 1 atom stereocenters. The number of halogens is 2. The van der Waals surface area contributed by atoms with Gasteiger partial charge in [-0.05, 0) is 28.8 Å². The summed E-state index contributed by atoms with van der Waals surface area (Å²) in [6.45, 7) is 0.214. The van der Waals surface area contributed by atoms with Crippen molar-refractivity contribution in [2.24, 2.45) is 0 Å². The van der Waals surface area contributed by atoms with Crippen molar-refractivity contribution < 1.29 is 9.59 Å². The lowest BCUT2D eigenvalue weighted by atomic mass is 10.0. The molecule has 0 bridgehead atoms. The Labute approximate surface area is 209 Å². The van der Waals surface area contributed by atoms with E-state index in [1.165, 1.54) is 11.8 Å². The van der Waals surface area contributed by atoms with Crippen LogP contribution in [0.5, 0.6) is 0 Å². The molecule has 0 heterocycles. The van der Waals surface area contributed by atoms with Gasteiger partial charge in [-0.2, -0.15) is 0 Å². The summed E-state index contributed by atoms with van der Waals surface area (Å²) in [5.41, 5.74) is 2.86. The number of nitrogens with zero attached hydrogens (tertiary/aromatic N) is 1. The number of hydrogen-bond acceptors (Lipinski definition) is 3. The Morgan fingerprint density at radius 3 is 2.18 bits per heavy atom. The van der Waals surface area contributed by atoms with E-state index in [1.807, 2.05) is 60.7 Å². The zero-order valence-corrected chi connectivity index (χ0v) is 20.7. The first-order valence-corrected chi connectivity index (χ1v) is 12.5. The minimum absolute atomic E-state index is 0.119. The highest BCUT2D eigenvalue weighted by atomic mass is 35.5. The standard InChI is InChI=1S/C26H26Cl2N2O2S/c1-29-26(32)24(14-19-8-4-2-5-9-19)30(16-21-12-13-22(27)15-23(21)28)25(31)18-33-17-20-10-6-3-7-11-20/h2-13,15,24H,14,16-18H2,1H3,(H,29,32)/t24-/m0/s1. The van der Waals surface area contributed by atoms with Crippen molar-refractivity contribution in [3.05, 3.63) is 106 Å². The number of thioether (sulfide) groups is 1. The fourth-order valence-corrected chi connectivity index (χ4v) is 4.81. The summed E-state index contributed by atoms with van der Waals surface area (Å²) in [6.07, 6.45) is 0.404. The molecule has 0 saturated carbocycles. The number of benzene rings is 3. The molecule has 0 radical (unpaired) electrons. The number of rotatable bonds is 10. The van der Waals surface area contributed by atoms with Gasteiger partial charge in [0.15, 0.2) is 0 Å². The second-order valence-corrected chi connectivity index (χ2v) is 9.38. The Kier molecular flexibility index (Phi) is 9.67. The van der Waals surface area contributed by atoms with Gasteiger partial charge in [-0.1, -0.05) is 89.9 Å². The Morgan fingerprint density at radius 2 is 1.58 bits per heavy atom. The average molecular weight is 501 g/mol. The van der Waals surface area contributed by atoms with Crippen LogP contribution in [-0.2, 0) is 28.3 Å². The van der Waals surface area contributed by atoms with Crippen LogP contribution in [-0.4, -0.2) is 35.6 Å². The van der Waals surface area contributed by atoms with Crippen LogP contribution in [0.3, 0.4) is 0 Å². The minimum atomic E-state index is -0.672. The predicted octanol–water partition coefficient (Wildman–Crippen LogP) is 5.61. The number of likely N-dealkylation sites (N-methyl/N-ethyl adjacent to an activating group) is 1. The van der Waals surface area contributed by atoms with Crippen LogP contribution >= 0.6 is 35.0 Å². The minimum Gasteiger partial charge on any atom is -0.357 e. The highest BCUT2D eigenvalue weighted by Gasteiger charge is 2.30. The van der Waals surface area contributed by atoms with E-state index in [1.54, 1.807) is 30.1 Å². The van der Waals surface area contributed by atoms with Crippen LogP contribution in [0.4, 0.5) is 0 Å². The summed E-state index contributed by atoms with van der Waals surface area (Å²) in [7, 11) is 1.59. The Hall–Kier alpha value is -2.47. The second kappa shape index (κ2) is 12.7. The molecule has 4 nitrogen and oxygen atoms in total. The molecular weight excluding hydrogens is 475 g/mol. The van der Waals surface area contributed by atoms with Gasteiger partial charge >= 0.3 is 0 Å². The number of hydrogen-bond donors (Lipinski definition) is 1. The summed E-state index contributed by atoms with van der Waals surface area (Å²) in [6, 6.07) is 24.2. The SMILES string of the molecule is CNC(=O)[C@H](Cc1ccccc1)N(Cc1ccc(Cl)cc1Cl)C(=O)CSCc1ccccc1. The molecule has 3 aromatic rings. The van der Waals surface area contributed by atoms with Gasteiger partial charge in [0.05, 0.1) is 5.75 Å². The Morgan fingerprint density at radius 1 is 0.939 bits per heavy atom. The van der Waals surface area contributed by atoms with Gasteiger partial charge < -0.3 is 10.2 Å².